The number of piperazine rings is 1. The van der Waals surface area contributed by atoms with E-state index in [-0.39, 0.29) is 5.91 Å². The van der Waals surface area contributed by atoms with Crippen molar-refractivity contribution in [3.05, 3.63) is 88.4 Å². The molecule has 1 aliphatic rings. The maximum Gasteiger partial charge on any atom is 0.253 e. The van der Waals surface area contributed by atoms with Crippen molar-refractivity contribution in [1.82, 2.24) is 4.90 Å². The SMILES string of the molecule is CCOc1ccc(C(=O)N2CCN(c3cccc(Cl)c3)CC2)cc1COc1cccc(C)c1. The van der Waals surface area contributed by atoms with Crippen LogP contribution in [0.1, 0.15) is 28.4 Å². The Hall–Kier alpha value is -3.18. The smallest absolute Gasteiger partial charge is 0.253 e. The fourth-order valence-electron chi connectivity index (χ4n) is 4.01. The molecule has 6 heteroatoms. The van der Waals surface area contributed by atoms with Gasteiger partial charge < -0.3 is 19.3 Å². The van der Waals surface area contributed by atoms with E-state index >= 15 is 0 Å². The third-order valence-corrected chi connectivity index (χ3v) is 5.97. The fourth-order valence-corrected chi connectivity index (χ4v) is 4.20. The van der Waals surface area contributed by atoms with Gasteiger partial charge in [-0.05, 0) is 67.9 Å². The van der Waals surface area contributed by atoms with Crippen LogP contribution in [0.4, 0.5) is 5.69 Å². The van der Waals surface area contributed by atoms with E-state index < -0.39 is 0 Å². The molecule has 0 saturated carbocycles. The Morgan fingerprint density at radius 2 is 1.73 bits per heavy atom. The number of amides is 1. The van der Waals surface area contributed by atoms with Gasteiger partial charge in [-0.1, -0.05) is 29.8 Å². The zero-order valence-corrected chi connectivity index (χ0v) is 19.8. The highest BCUT2D eigenvalue weighted by Gasteiger charge is 2.23. The minimum Gasteiger partial charge on any atom is -0.493 e. The summed E-state index contributed by atoms with van der Waals surface area (Å²) in [5.74, 6) is 1.57. The highest BCUT2D eigenvalue weighted by molar-refractivity contribution is 6.30. The Bertz CT molecular complexity index is 1110. The quantitative estimate of drug-likeness (QED) is 0.457. The molecular weight excluding hydrogens is 436 g/mol. The molecule has 33 heavy (non-hydrogen) atoms. The van der Waals surface area contributed by atoms with E-state index in [2.05, 4.69) is 11.0 Å². The van der Waals surface area contributed by atoms with Gasteiger partial charge >= 0.3 is 0 Å². The van der Waals surface area contributed by atoms with Crippen molar-refractivity contribution in [1.29, 1.82) is 0 Å². The van der Waals surface area contributed by atoms with Gasteiger partial charge in [0.05, 0.1) is 6.61 Å². The third-order valence-electron chi connectivity index (χ3n) is 5.73. The van der Waals surface area contributed by atoms with Gasteiger partial charge in [0.25, 0.3) is 5.91 Å². The lowest BCUT2D eigenvalue weighted by Gasteiger charge is -2.36. The summed E-state index contributed by atoms with van der Waals surface area (Å²) in [4.78, 5) is 17.4. The van der Waals surface area contributed by atoms with Gasteiger partial charge in [-0.2, -0.15) is 0 Å². The first-order valence-corrected chi connectivity index (χ1v) is 11.7. The lowest BCUT2D eigenvalue weighted by Crippen LogP contribution is -2.48. The Labute approximate surface area is 200 Å². The average Bonchev–Trinajstić information content (AvgIpc) is 2.83. The van der Waals surface area contributed by atoms with Gasteiger partial charge in [0, 0.05) is 48.0 Å². The highest BCUT2D eigenvalue weighted by Crippen LogP contribution is 2.25. The van der Waals surface area contributed by atoms with Crippen molar-refractivity contribution in [2.75, 3.05) is 37.7 Å². The molecule has 1 fully saturated rings. The Balaban J connectivity index is 1.44. The summed E-state index contributed by atoms with van der Waals surface area (Å²) >= 11 is 6.13. The van der Waals surface area contributed by atoms with Gasteiger partial charge in [-0.3, -0.25) is 4.79 Å². The minimum atomic E-state index is 0.0283. The molecule has 1 aliphatic heterocycles. The molecule has 0 spiro atoms. The van der Waals surface area contributed by atoms with Gasteiger partial charge in [0.15, 0.2) is 0 Å². The predicted molar refractivity (Wildman–Crippen MR) is 133 cm³/mol. The molecule has 1 heterocycles. The molecule has 0 aromatic heterocycles. The van der Waals surface area contributed by atoms with Crippen LogP contribution in [0.5, 0.6) is 11.5 Å². The molecule has 0 unspecified atom stereocenters. The number of halogens is 1. The van der Waals surface area contributed by atoms with Crippen molar-refractivity contribution in [3.63, 3.8) is 0 Å². The van der Waals surface area contributed by atoms with Crippen LogP contribution in [0, 0.1) is 6.92 Å². The lowest BCUT2D eigenvalue weighted by atomic mass is 10.1. The van der Waals surface area contributed by atoms with Crippen molar-refractivity contribution in [2.45, 2.75) is 20.5 Å². The third kappa shape index (κ3) is 5.79. The summed E-state index contributed by atoms with van der Waals surface area (Å²) in [7, 11) is 0. The molecule has 0 aliphatic carbocycles. The van der Waals surface area contributed by atoms with Gasteiger partial charge in [-0.15, -0.1) is 0 Å². The van der Waals surface area contributed by atoms with E-state index in [0.717, 1.165) is 46.4 Å². The molecule has 0 radical (unpaired) electrons. The number of benzene rings is 3. The van der Waals surface area contributed by atoms with E-state index in [1.807, 2.05) is 79.4 Å². The van der Waals surface area contributed by atoms with Crippen LogP contribution in [0.2, 0.25) is 5.02 Å². The molecule has 172 valence electrons. The van der Waals surface area contributed by atoms with Crippen LogP contribution in [0.3, 0.4) is 0 Å². The summed E-state index contributed by atoms with van der Waals surface area (Å²) in [6.07, 6.45) is 0. The molecule has 4 rings (SSSR count). The molecule has 5 nitrogen and oxygen atoms in total. The second-order valence-electron chi connectivity index (χ2n) is 8.12. The van der Waals surface area contributed by atoms with Gasteiger partial charge in [0.2, 0.25) is 0 Å². The number of carbonyl (C=O) groups is 1. The summed E-state index contributed by atoms with van der Waals surface area (Å²) in [6, 6.07) is 21.4. The molecule has 0 atom stereocenters. The first-order valence-electron chi connectivity index (χ1n) is 11.3. The number of hydrogen-bond acceptors (Lipinski definition) is 4. The van der Waals surface area contributed by atoms with E-state index in [1.165, 1.54) is 0 Å². The molecule has 1 saturated heterocycles. The minimum absolute atomic E-state index is 0.0283. The number of rotatable bonds is 7. The van der Waals surface area contributed by atoms with E-state index in [1.54, 1.807) is 0 Å². The zero-order valence-electron chi connectivity index (χ0n) is 19.1. The van der Waals surface area contributed by atoms with Crippen LogP contribution in [-0.2, 0) is 6.61 Å². The van der Waals surface area contributed by atoms with E-state index in [0.29, 0.717) is 31.9 Å². The number of nitrogens with zero attached hydrogens (tertiary/aromatic N) is 2. The van der Waals surface area contributed by atoms with Crippen LogP contribution in [-0.4, -0.2) is 43.6 Å². The number of aryl methyl sites for hydroxylation is 1. The average molecular weight is 465 g/mol. The van der Waals surface area contributed by atoms with Crippen LogP contribution in [0.25, 0.3) is 0 Å². The maximum absolute atomic E-state index is 13.2. The standard InChI is InChI=1S/C27H29ClN2O3/c1-3-32-26-11-10-21(17-22(26)19-33-25-9-4-6-20(2)16-25)27(31)30-14-12-29(13-15-30)24-8-5-7-23(28)18-24/h4-11,16-18H,3,12-15,19H2,1-2H3. The van der Waals surface area contributed by atoms with E-state index in [4.69, 9.17) is 21.1 Å². The highest BCUT2D eigenvalue weighted by atomic mass is 35.5. The molecule has 3 aromatic rings. The van der Waals surface area contributed by atoms with E-state index in [9.17, 15) is 4.79 Å². The Morgan fingerprint density at radius 3 is 2.45 bits per heavy atom. The monoisotopic (exact) mass is 464 g/mol. The summed E-state index contributed by atoms with van der Waals surface area (Å²) in [5, 5.41) is 0.723. The first kappa shape index (κ1) is 23.0. The molecule has 0 N–H and O–H groups in total. The van der Waals surface area contributed by atoms with Crippen LogP contribution in [0.15, 0.2) is 66.7 Å². The molecular formula is C27H29ClN2O3. The number of carbonyl (C=O) groups excluding carboxylic acids is 1. The Kier molecular flexibility index (Phi) is 7.40. The summed E-state index contributed by atoms with van der Waals surface area (Å²) in [5.41, 5.74) is 3.74. The van der Waals surface area contributed by atoms with Crippen molar-refractivity contribution in [3.8, 4) is 11.5 Å². The van der Waals surface area contributed by atoms with Crippen molar-refractivity contribution < 1.29 is 14.3 Å². The number of ether oxygens (including phenoxy) is 2. The topological polar surface area (TPSA) is 42.0 Å². The predicted octanol–water partition coefficient (Wildman–Crippen LogP) is 5.59. The lowest BCUT2D eigenvalue weighted by molar-refractivity contribution is 0.0746. The summed E-state index contributed by atoms with van der Waals surface area (Å²) < 4.78 is 11.8. The second-order valence-corrected chi connectivity index (χ2v) is 8.56. The van der Waals surface area contributed by atoms with Crippen LogP contribution < -0.4 is 14.4 Å². The first-order chi connectivity index (χ1) is 16.0. The second kappa shape index (κ2) is 10.6. The van der Waals surface area contributed by atoms with Gasteiger partial charge in [0.1, 0.15) is 18.1 Å². The van der Waals surface area contributed by atoms with Crippen molar-refractivity contribution >= 4 is 23.2 Å². The molecule has 0 bridgehead atoms. The Morgan fingerprint density at radius 1 is 0.939 bits per heavy atom. The van der Waals surface area contributed by atoms with Crippen molar-refractivity contribution in [2.24, 2.45) is 0 Å². The van der Waals surface area contributed by atoms with Gasteiger partial charge in [-0.25, -0.2) is 0 Å². The molecule has 1 amide bonds. The largest absolute Gasteiger partial charge is 0.493 e. The maximum atomic E-state index is 13.2. The molecule has 3 aromatic carbocycles. The summed E-state index contributed by atoms with van der Waals surface area (Å²) in [6.45, 7) is 7.73. The number of anilines is 1. The van der Waals surface area contributed by atoms with Crippen LogP contribution >= 0.6 is 11.6 Å². The number of hydrogen-bond donors (Lipinski definition) is 0. The zero-order chi connectivity index (χ0) is 23.2. The fraction of sp³-hybridized carbons (Fsp3) is 0.296. The normalized spacial score (nSPS) is 13.7.